The number of nitro groups is 1. The lowest BCUT2D eigenvalue weighted by Crippen LogP contribution is -2.34. The number of aliphatic hydroxyl groups excluding tert-OH is 2. The van der Waals surface area contributed by atoms with Crippen LogP contribution in [0.4, 0.5) is 5.69 Å². The summed E-state index contributed by atoms with van der Waals surface area (Å²) >= 11 is 0. The number of nitrogens with one attached hydrogen (secondary N) is 1. The van der Waals surface area contributed by atoms with Gasteiger partial charge in [0.1, 0.15) is 18.4 Å². The van der Waals surface area contributed by atoms with Gasteiger partial charge < -0.3 is 20.3 Å². The molecule has 9 heteroatoms. The molecule has 1 aromatic heterocycles. The minimum atomic E-state index is -1.48. The molecule has 0 aliphatic rings. The number of rotatable bonds is 6. The number of pyridine rings is 1. The van der Waals surface area contributed by atoms with Gasteiger partial charge in [-0.25, -0.2) is 4.98 Å². The van der Waals surface area contributed by atoms with E-state index in [9.17, 15) is 25.1 Å². The highest BCUT2D eigenvalue weighted by Gasteiger charge is 2.25. The second kappa shape index (κ2) is 6.78. The average molecular weight is 285 g/mol. The normalized spacial score (nSPS) is 13.4. The first-order valence-corrected chi connectivity index (χ1v) is 5.65. The van der Waals surface area contributed by atoms with E-state index in [0.29, 0.717) is 0 Å². The van der Waals surface area contributed by atoms with Gasteiger partial charge >= 0.3 is 0 Å². The Labute approximate surface area is 114 Å². The SMILES string of the molecule is COc1ncc([N+](=O)[O-])cc1C(O)C(O)CNC(C)=O. The molecule has 0 aliphatic carbocycles. The van der Waals surface area contributed by atoms with Gasteiger partial charge in [-0.3, -0.25) is 14.9 Å². The Morgan fingerprint density at radius 3 is 2.75 bits per heavy atom. The van der Waals surface area contributed by atoms with Crippen LogP contribution in [0, 0.1) is 10.1 Å². The summed E-state index contributed by atoms with van der Waals surface area (Å²) in [5.74, 6) is -0.412. The zero-order chi connectivity index (χ0) is 15.3. The Kier molecular flexibility index (Phi) is 5.35. The number of hydrogen-bond donors (Lipinski definition) is 3. The van der Waals surface area contributed by atoms with Gasteiger partial charge in [0.2, 0.25) is 11.8 Å². The molecule has 3 N–H and O–H groups in total. The zero-order valence-corrected chi connectivity index (χ0v) is 10.9. The number of aliphatic hydroxyl groups is 2. The lowest BCUT2D eigenvalue weighted by molar-refractivity contribution is -0.385. The second-order valence-electron chi connectivity index (χ2n) is 4.00. The molecule has 0 aliphatic heterocycles. The second-order valence-corrected chi connectivity index (χ2v) is 4.00. The maximum atomic E-state index is 10.7. The summed E-state index contributed by atoms with van der Waals surface area (Å²) in [5.41, 5.74) is -0.369. The Morgan fingerprint density at radius 2 is 2.25 bits per heavy atom. The Bertz CT molecular complexity index is 507. The maximum Gasteiger partial charge on any atom is 0.288 e. The maximum absolute atomic E-state index is 10.7. The van der Waals surface area contributed by atoms with Crippen LogP contribution in [0.2, 0.25) is 0 Å². The van der Waals surface area contributed by atoms with Gasteiger partial charge in [-0.05, 0) is 0 Å². The van der Waals surface area contributed by atoms with Crippen LogP contribution in [-0.4, -0.2) is 45.8 Å². The first-order chi connectivity index (χ1) is 9.36. The van der Waals surface area contributed by atoms with E-state index in [4.69, 9.17) is 4.74 Å². The van der Waals surface area contributed by atoms with Gasteiger partial charge in [-0.15, -0.1) is 0 Å². The van der Waals surface area contributed by atoms with Crippen LogP contribution in [0.1, 0.15) is 18.6 Å². The van der Waals surface area contributed by atoms with Crippen LogP contribution in [0.15, 0.2) is 12.3 Å². The van der Waals surface area contributed by atoms with E-state index in [0.717, 1.165) is 12.3 Å². The molecule has 1 amide bonds. The minimum absolute atomic E-state index is 0.0282. The summed E-state index contributed by atoms with van der Waals surface area (Å²) in [5, 5.41) is 32.7. The standard InChI is InChI=1S/C11H15N3O6/c1-6(15)12-5-9(16)10(17)8-3-7(14(18)19)4-13-11(8)20-2/h3-4,9-10,16-17H,5H2,1-2H3,(H,12,15). The molecule has 20 heavy (non-hydrogen) atoms. The van der Waals surface area contributed by atoms with Crippen molar-refractivity contribution in [1.82, 2.24) is 10.3 Å². The van der Waals surface area contributed by atoms with E-state index >= 15 is 0 Å². The summed E-state index contributed by atoms with van der Waals surface area (Å²) in [6.07, 6.45) is -1.85. The third kappa shape index (κ3) is 3.87. The topological polar surface area (TPSA) is 135 Å². The third-order valence-corrected chi connectivity index (χ3v) is 2.51. The monoisotopic (exact) mass is 285 g/mol. The lowest BCUT2D eigenvalue weighted by atomic mass is 10.1. The van der Waals surface area contributed by atoms with Crippen LogP contribution < -0.4 is 10.1 Å². The fourth-order valence-corrected chi connectivity index (χ4v) is 1.51. The first-order valence-electron chi connectivity index (χ1n) is 5.65. The summed E-state index contributed by atoms with van der Waals surface area (Å²) in [6, 6.07) is 1.06. The summed E-state index contributed by atoms with van der Waals surface area (Å²) in [7, 11) is 1.28. The van der Waals surface area contributed by atoms with Gasteiger partial charge in [0.05, 0.1) is 17.6 Å². The van der Waals surface area contributed by atoms with Crippen molar-refractivity contribution in [3.05, 3.63) is 27.9 Å². The molecule has 0 bridgehead atoms. The number of methoxy groups -OCH3 is 1. The van der Waals surface area contributed by atoms with E-state index in [2.05, 4.69) is 10.3 Å². The number of amides is 1. The zero-order valence-electron chi connectivity index (χ0n) is 10.9. The fraction of sp³-hybridized carbons (Fsp3) is 0.455. The molecule has 0 saturated heterocycles. The molecule has 0 saturated carbocycles. The molecule has 0 aromatic carbocycles. The van der Waals surface area contributed by atoms with Crippen LogP contribution in [0.3, 0.4) is 0 Å². The number of ether oxygens (including phenoxy) is 1. The predicted molar refractivity (Wildman–Crippen MR) is 67.1 cm³/mol. The number of carbonyl (C=O) groups is 1. The Morgan fingerprint density at radius 1 is 1.60 bits per heavy atom. The van der Waals surface area contributed by atoms with Gasteiger partial charge in [0.15, 0.2) is 0 Å². The molecular formula is C11H15N3O6. The van der Waals surface area contributed by atoms with E-state index in [1.54, 1.807) is 0 Å². The van der Waals surface area contributed by atoms with E-state index in [-0.39, 0.29) is 29.6 Å². The van der Waals surface area contributed by atoms with Crippen molar-refractivity contribution in [3.63, 3.8) is 0 Å². The number of nitrogens with zero attached hydrogens (tertiary/aromatic N) is 2. The van der Waals surface area contributed by atoms with Gasteiger partial charge in [-0.2, -0.15) is 0 Å². The first kappa shape index (κ1) is 15.8. The third-order valence-electron chi connectivity index (χ3n) is 2.51. The largest absolute Gasteiger partial charge is 0.481 e. The van der Waals surface area contributed by atoms with Crippen LogP contribution >= 0.6 is 0 Å². The van der Waals surface area contributed by atoms with Crippen LogP contribution in [0.25, 0.3) is 0 Å². The highest BCUT2D eigenvalue weighted by molar-refractivity contribution is 5.72. The summed E-state index contributed by atoms with van der Waals surface area (Å²) in [4.78, 5) is 24.4. The average Bonchev–Trinajstić information content (AvgIpc) is 2.42. The lowest BCUT2D eigenvalue weighted by Gasteiger charge is -2.19. The molecule has 0 spiro atoms. The van der Waals surface area contributed by atoms with Gasteiger partial charge in [0, 0.05) is 19.5 Å². The molecule has 9 nitrogen and oxygen atoms in total. The Balaban J connectivity index is 2.99. The smallest absolute Gasteiger partial charge is 0.288 e. The number of aromatic nitrogens is 1. The van der Waals surface area contributed by atoms with E-state index in [1.807, 2.05) is 0 Å². The summed E-state index contributed by atoms with van der Waals surface area (Å²) < 4.78 is 4.88. The number of hydrogen-bond acceptors (Lipinski definition) is 7. The van der Waals surface area contributed by atoms with Crippen molar-refractivity contribution >= 4 is 11.6 Å². The van der Waals surface area contributed by atoms with Crippen LogP contribution in [0.5, 0.6) is 5.88 Å². The fourth-order valence-electron chi connectivity index (χ4n) is 1.51. The highest BCUT2D eigenvalue weighted by Crippen LogP contribution is 2.28. The molecular weight excluding hydrogens is 270 g/mol. The predicted octanol–water partition coefficient (Wildman–Crippen LogP) is -0.471. The summed E-state index contributed by atoms with van der Waals surface area (Å²) in [6.45, 7) is 1.05. The van der Waals surface area contributed by atoms with E-state index < -0.39 is 17.1 Å². The Hall–Kier alpha value is -2.26. The molecule has 2 unspecified atom stereocenters. The molecule has 110 valence electrons. The van der Waals surface area contributed by atoms with Crippen molar-refractivity contribution in [2.24, 2.45) is 0 Å². The van der Waals surface area contributed by atoms with Crippen LogP contribution in [-0.2, 0) is 4.79 Å². The quantitative estimate of drug-likeness (QED) is 0.475. The number of carbonyl (C=O) groups excluding carboxylic acids is 1. The van der Waals surface area contributed by atoms with Gasteiger partial charge in [0.25, 0.3) is 5.69 Å². The van der Waals surface area contributed by atoms with Gasteiger partial charge in [-0.1, -0.05) is 0 Å². The molecule has 0 radical (unpaired) electrons. The van der Waals surface area contributed by atoms with Crippen molar-refractivity contribution in [1.29, 1.82) is 0 Å². The van der Waals surface area contributed by atoms with Crippen molar-refractivity contribution in [3.8, 4) is 5.88 Å². The van der Waals surface area contributed by atoms with Crippen molar-refractivity contribution < 1.29 is 24.7 Å². The molecule has 1 heterocycles. The highest BCUT2D eigenvalue weighted by atomic mass is 16.6. The van der Waals surface area contributed by atoms with Crippen molar-refractivity contribution in [2.75, 3.05) is 13.7 Å². The molecule has 1 rings (SSSR count). The molecule has 2 atom stereocenters. The van der Waals surface area contributed by atoms with Crippen molar-refractivity contribution in [2.45, 2.75) is 19.1 Å². The minimum Gasteiger partial charge on any atom is -0.481 e. The molecule has 0 fully saturated rings. The molecule has 1 aromatic rings. The van der Waals surface area contributed by atoms with E-state index in [1.165, 1.54) is 14.0 Å².